The van der Waals surface area contributed by atoms with E-state index in [1.165, 1.54) is 11.8 Å². The Morgan fingerprint density at radius 2 is 2.24 bits per heavy atom. The Kier molecular flexibility index (Phi) is 6.50. The fraction of sp³-hybridized carbons (Fsp3) is 0.545. The number of carbonyl (C=O) groups is 1. The lowest BCUT2D eigenvalue weighted by Gasteiger charge is -2.04. The zero-order valence-electron chi connectivity index (χ0n) is 9.90. The molecular weight excluding hydrogens is 304 g/mol. The van der Waals surface area contributed by atoms with Gasteiger partial charge in [-0.05, 0) is 29.3 Å². The number of hydrogen-bond donors (Lipinski definition) is 0. The molecule has 0 aromatic carbocycles. The lowest BCUT2D eigenvalue weighted by atomic mass is 10.3. The average molecular weight is 319 g/mol. The van der Waals surface area contributed by atoms with Crippen LogP contribution in [0.5, 0.6) is 0 Å². The standard InChI is InChI=1S/C11H15BrN2O2S/c1-3-5-9-13-8(12)6-10(14-9)17-7-11(15)16-4-2/h6H,3-5,7H2,1-2H3. The first kappa shape index (κ1) is 14.4. The number of nitrogens with zero attached hydrogens (tertiary/aromatic N) is 2. The molecule has 0 bridgehead atoms. The Balaban J connectivity index is 2.61. The minimum atomic E-state index is -0.218. The van der Waals surface area contributed by atoms with Crippen LogP contribution in [0.1, 0.15) is 26.1 Å². The van der Waals surface area contributed by atoms with Crippen molar-refractivity contribution in [1.29, 1.82) is 0 Å². The molecule has 0 aliphatic carbocycles. The first-order valence-electron chi connectivity index (χ1n) is 5.47. The van der Waals surface area contributed by atoms with E-state index in [1.807, 2.05) is 6.07 Å². The highest BCUT2D eigenvalue weighted by Crippen LogP contribution is 2.19. The molecule has 0 atom stereocenters. The zero-order valence-corrected chi connectivity index (χ0v) is 12.3. The van der Waals surface area contributed by atoms with E-state index in [1.54, 1.807) is 6.92 Å². The van der Waals surface area contributed by atoms with Crippen LogP contribution in [-0.2, 0) is 16.0 Å². The summed E-state index contributed by atoms with van der Waals surface area (Å²) in [6.45, 7) is 4.28. The molecule has 0 unspecified atom stereocenters. The van der Waals surface area contributed by atoms with Crippen LogP contribution in [0.4, 0.5) is 0 Å². The number of ether oxygens (including phenoxy) is 1. The van der Waals surface area contributed by atoms with E-state index in [4.69, 9.17) is 4.74 Å². The molecule has 1 rings (SSSR count). The Hall–Kier alpha value is -0.620. The third kappa shape index (κ3) is 5.50. The fourth-order valence-corrected chi connectivity index (χ4v) is 2.47. The molecule has 1 aromatic heterocycles. The zero-order chi connectivity index (χ0) is 12.7. The third-order valence-electron chi connectivity index (χ3n) is 1.83. The van der Waals surface area contributed by atoms with Gasteiger partial charge in [0.2, 0.25) is 0 Å². The highest BCUT2D eigenvalue weighted by Gasteiger charge is 2.07. The van der Waals surface area contributed by atoms with Crippen molar-refractivity contribution in [3.63, 3.8) is 0 Å². The Morgan fingerprint density at radius 1 is 1.47 bits per heavy atom. The summed E-state index contributed by atoms with van der Waals surface area (Å²) in [6.07, 6.45) is 1.84. The molecule has 1 aromatic rings. The number of hydrogen-bond acceptors (Lipinski definition) is 5. The maximum absolute atomic E-state index is 11.2. The normalized spacial score (nSPS) is 10.3. The van der Waals surface area contributed by atoms with Gasteiger partial charge in [0, 0.05) is 12.5 Å². The fourth-order valence-electron chi connectivity index (χ4n) is 1.19. The van der Waals surface area contributed by atoms with Gasteiger partial charge in [-0.25, -0.2) is 9.97 Å². The molecule has 0 aliphatic heterocycles. The van der Waals surface area contributed by atoms with Crippen LogP contribution >= 0.6 is 27.7 Å². The van der Waals surface area contributed by atoms with Crippen LogP contribution in [0.2, 0.25) is 0 Å². The van der Waals surface area contributed by atoms with Crippen LogP contribution in [0.15, 0.2) is 15.7 Å². The molecule has 6 heteroatoms. The number of esters is 1. The number of rotatable bonds is 6. The van der Waals surface area contributed by atoms with Gasteiger partial charge >= 0.3 is 5.97 Å². The maximum Gasteiger partial charge on any atom is 0.316 e. The van der Waals surface area contributed by atoms with Gasteiger partial charge in [-0.3, -0.25) is 4.79 Å². The summed E-state index contributed by atoms with van der Waals surface area (Å²) in [6, 6.07) is 1.81. The lowest BCUT2D eigenvalue weighted by molar-refractivity contribution is -0.139. The van der Waals surface area contributed by atoms with Crippen LogP contribution in [0.25, 0.3) is 0 Å². The van der Waals surface area contributed by atoms with E-state index in [0.29, 0.717) is 6.61 Å². The second-order valence-electron chi connectivity index (χ2n) is 3.29. The summed E-state index contributed by atoms with van der Waals surface area (Å²) in [5, 5.41) is 0.795. The van der Waals surface area contributed by atoms with Gasteiger partial charge in [0.1, 0.15) is 15.5 Å². The lowest BCUT2D eigenvalue weighted by Crippen LogP contribution is -2.07. The maximum atomic E-state index is 11.2. The Labute approximate surface area is 114 Å². The minimum absolute atomic E-state index is 0.218. The molecule has 1 heterocycles. The minimum Gasteiger partial charge on any atom is -0.465 e. The van der Waals surface area contributed by atoms with Gasteiger partial charge in [-0.1, -0.05) is 18.7 Å². The number of aromatic nitrogens is 2. The Bertz CT molecular complexity index is 388. The van der Waals surface area contributed by atoms with E-state index in [-0.39, 0.29) is 11.7 Å². The number of carbonyl (C=O) groups excluding carboxylic acids is 1. The summed E-state index contributed by atoms with van der Waals surface area (Å²) in [7, 11) is 0. The molecule has 0 aliphatic rings. The second kappa shape index (κ2) is 7.66. The molecule has 94 valence electrons. The highest BCUT2D eigenvalue weighted by atomic mass is 79.9. The van der Waals surface area contributed by atoms with Crippen LogP contribution < -0.4 is 0 Å². The van der Waals surface area contributed by atoms with Crippen LogP contribution in [0.3, 0.4) is 0 Å². The summed E-state index contributed by atoms with van der Waals surface area (Å²) < 4.78 is 5.61. The van der Waals surface area contributed by atoms with Gasteiger partial charge in [0.25, 0.3) is 0 Å². The summed E-state index contributed by atoms with van der Waals surface area (Å²) in [4.78, 5) is 19.8. The van der Waals surface area contributed by atoms with Crippen molar-refractivity contribution in [2.24, 2.45) is 0 Å². The third-order valence-corrected chi connectivity index (χ3v) is 3.13. The average Bonchev–Trinajstić information content (AvgIpc) is 2.26. The Morgan fingerprint density at radius 3 is 2.88 bits per heavy atom. The first-order valence-corrected chi connectivity index (χ1v) is 7.25. The van der Waals surface area contributed by atoms with Crippen molar-refractivity contribution in [2.45, 2.75) is 31.7 Å². The number of thioether (sulfide) groups is 1. The van der Waals surface area contributed by atoms with Crippen molar-refractivity contribution in [3.8, 4) is 0 Å². The highest BCUT2D eigenvalue weighted by molar-refractivity contribution is 9.10. The molecule has 0 saturated heterocycles. The van der Waals surface area contributed by atoms with Crippen molar-refractivity contribution in [2.75, 3.05) is 12.4 Å². The molecule has 0 saturated carbocycles. The van der Waals surface area contributed by atoms with Gasteiger partial charge < -0.3 is 4.74 Å². The van der Waals surface area contributed by atoms with Crippen LogP contribution in [0, 0.1) is 0 Å². The van der Waals surface area contributed by atoms with E-state index in [9.17, 15) is 4.79 Å². The predicted molar refractivity (Wildman–Crippen MR) is 71.1 cm³/mol. The van der Waals surface area contributed by atoms with Crippen molar-refractivity contribution in [1.82, 2.24) is 9.97 Å². The predicted octanol–water partition coefficient (Wildman–Crippen LogP) is 2.85. The molecule has 0 radical (unpaired) electrons. The molecular formula is C11H15BrN2O2S. The molecule has 0 amide bonds. The monoisotopic (exact) mass is 318 g/mol. The molecule has 0 fully saturated rings. The van der Waals surface area contributed by atoms with Gasteiger partial charge in [0.15, 0.2) is 0 Å². The quantitative estimate of drug-likeness (QED) is 0.458. The van der Waals surface area contributed by atoms with Crippen molar-refractivity contribution < 1.29 is 9.53 Å². The topological polar surface area (TPSA) is 52.1 Å². The first-order chi connectivity index (χ1) is 8.15. The van der Waals surface area contributed by atoms with E-state index >= 15 is 0 Å². The number of halogens is 1. The largest absolute Gasteiger partial charge is 0.465 e. The second-order valence-corrected chi connectivity index (χ2v) is 5.10. The molecule has 17 heavy (non-hydrogen) atoms. The summed E-state index contributed by atoms with van der Waals surface area (Å²) in [5.41, 5.74) is 0. The van der Waals surface area contributed by atoms with E-state index in [2.05, 4.69) is 32.8 Å². The molecule has 0 spiro atoms. The number of aryl methyl sites for hydroxylation is 1. The van der Waals surface area contributed by atoms with Gasteiger partial charge in [-0.2, -0.15) is 0 Å². The van der Waals surface area contributed by atoms with E-state index in [0.717, 1.165) is 28.3 Å². The SMILES string of the molecule is CCCc1nc(Br)cc(SCC(=O)OCC)n1. The van der Waals surface area contributed by atoms with Crippen molar-refractivity contribution in [3.05, 3.63) is 16.5 Å². The summed E-state index contributed by atoms with van der Waals surface area (Å²) >= 11 is 4.71. The van der Waals surface area contributed by atoms with Crippen molar-refractivity contribution >= 4 is 33.7 Å². The van der Waals surface area contributed by atoms with Gasteiger partial charge in [-0.15, -0.1) is 0 Å². The van der Waals surface area contributed by atoms with E-state index < -0.39 is 0 Å². The van der Waals surface area contributed by atoms with Gasteiger partial charge in [0.05, 0.1) is 12.4 Å². The van der Waals surface area contributed by atoms with Crippen LogP contribution in [-0.4, -0.2) is 28.3 Å². The smallest absolute Gasteiger partial charge is 0.316 e. The molecule has 4 nitrogen and oxygen atoms in total. The molecule has 0 N–H and O–H groups in total. The summed E-state index contributed by atoms with van der Waals surface area (Å²) in [5.74, 6) is 0.862.